The molecule has 0 spiro atoms. The molecule has 0 aliphatic carbocycles. The van der Waals surface area contributed by atoms with Crippen molar-refractivity contribution in [3.63, 3.8) is 0 Å². The van der Waals surface area contributed by atoms with Crippen LogP contribution in [-0.4, -0.2) is 44.4 Å². The molecule has 9 heteroatoms. The van der Waals surface area contributed by atoms with Gasteiger partial charge in [-0.05, 0) is 54.5 Å². The summed E-state index contributed by atoms with van der Waals surface area (Å²) in [5, 5.41) is 16.1. The van der Waals surface area contributed by atoms with Crippen LogP contribution in [0.3, 0.4) is 0 Å². The Labute approximate surface area is 138 Å². The molecule has 1 atom stereocenters. The second-order valence-electron chi connectivity index (χ2n) is 4.97. The molecule has 0 aliphatic heterocycles. The van der Waals surface area contributed by atoms with E-state index in [-0.39, 0.29) is 0 Å². The number of rotatable bonds is 4. The number of aromatic nitrogens is 4. The van der Waals surface area contributed by atoms with Crippen LogP contribution in [0.15, 0.2) is 23.4 Å². The molecule has 2 rings (SSSR count). The van der Waals surface area contributed by atoms with Crippen molar-refractivity contribution in [2.75, 3.05) is 7.05 Å². The van der Waals surface area contributed by atoms with Crippen LogP contribution in [0.5, 0.6) is 0 Å². The lowest BCUT2D eigenvalue weighted by atomic mass is 10.1. The molecule has 1 aromatic heterocycles. The fourth-order valence-corrected chi connectivity index (χ4v) is 2.57. The van der Waals surface area contributed by atoms with E-state index in [1.807, 2.05) is 32.0 Å². The van der Waals surface area contributed by atoms with Gasteiger partial charge in [-0.25, -0.2) is 4.79 Å². The van der Waals surface area contributed by atoms with Crippen LogP contribution < -0.4 is 10.6 Å². The highest BCUT2D eigenvalue weighted by Gasteiger charge is 2.20. The summed E-state index contributed by atoms with van der Waals surface area (Å²) in [6.07, 6.45) is 0. The van der Waals surface area contributed by atoms with Crippen LogP contribution in [0, 0.1) is 13.8 Å². The van der Waals surface area contributed by atoms with E-state index in [4.69, 9.17) is 0 Å². The molecular weight excluding hydrogens is 316 g/mol. The zero-order valence-electron chi connectivity index (χ0n) is 13.3. The minimum atomic E-state index is -0.545. The number of benzene rings is 1. The van der Waals surface area contributed by atoms with Gasteiger partial charge in [0, 0.05) is 7.05 Å². The predicted octanol–water partition coefficient (Wildman–Crippen LogP) is 1.22. The largest absolute Gasteiger partial charge is 0.341 e. The van der Waals surface area contributed by atoms with Gasteiger partial charge in [0.25, 0.3) is 0 Å². The van der Waals surface area contributed by atoms with Crippen LogP contribution >= 0.6 is 11.8 Å². The van der Waals surface area contributed by atoms with E-state index in [2.05, 4.69) is 26.2 Å². The van der Waals surface area contributed by atoms with Crippen molar-refractivity contribution in [3.8, 4) is 5.69 Å². The number of hydrogen-bond acceptors (Lipinski definition) is 6. The standard InChI is InChI=1S/C14H18N6O2S/c1-8-5-6-11(7-9(8)2)20-14(17-18-19-20)23-10(3)12(21)16-13(22)15-4/h5-7,10H,1-4H3,(H2,15,16,21,22)/t10-/m1/s1. The van der Waals surface area contributed by atoms with E-state index in [1.165, 1.54) is 24.4 Å². The first-order valence-corrected chi connectivity index (χ1v) is 7.85. The lowest BCUT2D eigenvalue weighted by molar-refractivity contribution is -0.119. The molecule has 122 valence electrons. The molecule has 2 N–H and O–H groups in total. The molecule has 0 bridgehead atoms. The third-order valence-electron chi connectivity index (χ3n) is 3.29. The summed E-state index contributed by atoms with van der Waals surface area (Å²) in [5.41, 5.74) is 3.12. The Morgan fingerprint density at radius 2 is 2.00 bits per heavy atom. The third-order valence-corrected chi connectivity index (χ3v) is 4.32. The topological polar surface area (TPSA) is 102 Å². The average molecular weight is 334 g/mol. The van der Waals surface area contributed by atoms with E-state index in [0.29, 0.717) is 5.16 Å². The molecule has 8 nitrogen and oxygen atoms in total. The maximum absolute atomic E-state index is 11.9. The summed E-state index contributed by atoms with van der Waals surface area (Å²) in [4.78, 5) is 23.1. The Morgan fingerprint density at radius 3 is 2.65 bits per heavy atom. The van der Waals surface area contributed by atoms with Gasteiger partial charge in [-0.1, -0.05) is 17.8 Å². The Hall–Kier alpha value is -2.42. The molecule has 1 aromatic carbocycles. The fraction of sp³-hybridized carbons (Fsp3) is 0.357. The van der Waals surface area contributed by atoms with Gasteiger partial charge in [0.15, 0.2) is 0 Å². The highest BCUT2D eigenvalue weighted by atomic mass is 32.2. The summed E-state index contributed by atoms with van der Waals surface area (Å²) in [5.74, 6) is -0.413. The van der Waals surface area contributed by atoms with Crippen molar-refractivity contribution >= 4 is 23.7 Å². The van der Waals surface area contributed by atoms with Crippen LogP contribution in [0.1, 0.15) is 18.1 Å². The van der Waals surface area contributed by atoms with Gasteiger partial charge >= 0.3 is 6.03 Å². The molecule has 23 heavy (non-hydrogen) atoms. The smallest absolute Gasteiger partial charge is 0.321 e. The summed E-state index contributed by atoms with van der Waals surface area (Å²) in [6.45, 7) is 5.72. The van der Waals surface area contributed by atoms with Crippen molar-refractivity contribution in [1.82, 2.24) is 30.8 Å². The zero-order valence-corrected chi connectivity index (χ0v) is 14.1. The van der Waals surface area contributed by atoms with Gasteiger partial charge in [-0.2, -0.15) is 4.68 Å². The zero-order chi connectivity index (χ0) is 17.0. The first kappa shape index (κ1) is 16.9. The number of tetrazole rings is 1. The molecule has 1 heterocycles. The lowest BCUT2D eigenvalue weighted by Gasteiger charge is -2.11. The Bertz CT molecular complexity index is 730. The van der Waals surface area contributed by atoms with E-state index in [0.717, 1.165) is 11.3 Å². The molecule has 0 unspecified atom stereocenters. The molecule has 3 amide bonds. The molecule has 0 radical (unpaired) electrons. The second-order valence-corrected chi connectivity index (χ2v) is 6.28. The Morgan fingerprint density at radius 1 is 1.26 bits per heavy atom. The van der Waals surface area contributed by atoms with Crippen molar-refractivity contribution in [3.05, 3.63) is 29.3 Å². The Kier molecular flexibility index (Phi) is 5.32. The number of nitrogens with zero attached hydrogens (tertiary/aromatic N) is 4. The number of amides is 3. The van der Waals surface area contributed by atoms with Gasteiger partial charge < -0.3 is 5.32 Å². The van der Waals surface area contributed by atoms with E-state index >= 15 is 0 Å². The van der Waals surface area contributed by atoms with Crippen molar-refractivity contribution in [1.29, 1.82) is 0 Å². The minimum absolute atomic E-state index is 0.413. The van der Waals surface area contributed by atoms with Gasteiger partial charge in [0.05, 0.1) is 10.9 Å². The summed E-state index contributed by atoms with van der Waals surface area (Å²) >= 11 is 1.18. The Balaban J connectivity index is 2.16. The van der Waals surface area contributed by atoms with E-state index < -0.39 is 17.2 Å². The number of urea groups is 1. The number of thioether (sulfide) groups is 1. The number of nitrogens with one attached hydrogen (secondary N) is 2. The first-order valence-electron chi connectivity index (χ1n) is 6.97. The molecule has 2 aromatic rings. The van der Waals surface area contributed by atoms with E-state index in [9.17, 15) is 9.59 Å². The van der Waals surface area contributed by atoms with Gasteiger partial charge in [0.1, 0.15) is 0 Å². The maximum atomic E-state index is 11.9. The average Bonchev–Trinajstić information content (AvgIpc) is 2.97. The molecule has 0 saturated carbocycles. The van der Waals surface area contributed by atoms with Gasteiger partial charge in [-0.3, -0.25) is 10.1 Å². The number of aryl methyl sites for hydroxylation is 2. The first-order chi connectivity index (χ1) is 10.9. The normalized spacial score (nSPS) is 11.8. The maximum Gasteiger partial charge on any atom is 0.321 e. The third kappa shape index (κ3) is 4.07. The van der Waals surface area contributed by atoms with Crippen molar-refractivity contribution < 1.29 is 9.59 Å². The van der Waals surface area contributed by atoms with Gasteiger partial charge in [0.2, 0.25) is 11.1 Å². The number of carbonyl (C=O) groups excluding carboxylic acids is 2. The quantitative estimate of drug-likeness (QED) is 0.815. The van der Waals surface area contributed by atoms with E-state index in [1.54, 1.807) is 11.6 Å². The van der Waals surface area contributed by atoms with Gasteiger partial charge in [-0.15, -0.1) is 5.10 Å². The van der Waals surface area contributed by atoms with Crippen LogP contribution in [0.2, 0.25) is 0 Å². The second kappa shape index (κ2) is 7.23. The monoisotopic (exact) mass is 334 g/mol. The number of imide groups is 1. The molecular formula is C14H18N6O2S. The number of hydrogen-bond donors (Lipinski definition) is 2. The molecule has 0 aliphatic rings. The minimum Gasteiger partial charge on any atom is -0.341 e. The number of carbonyl (C=O) groups is 2. The highest BCUT2D eigenvalue weighted by molar-refractivity contribution is 8.00. The predicted molar refractivity (Wildman–Crippen MR) is 86.5 cm³/mol. The SMILES string of the molecule is CNC(=O)NC(=O)[C@@H](C)Sc1nnnn1-c1ccc(C)c(C)c1. The van der Waals surface area contributed by atoms with Crippen LogP contribution in [-0.2, 0) is 4.79 Å². The summed E-state index contributed by atoms with van der Waals surface area (Å²) in [7, 11) is 1.45. The van der Waals surface area contributed by atoms with Crippen LogP contribution in [0.25, 0.3) is 5.69 Å². The lowest BCUT2D eigenvalue weighted by Crippen LogP contribution is -2.41. The van der Waals surface area contributed by atoms with Crippen molar-refractivity contribution in [2.45, 2.75) is 31.2 Å². The molecule has 0 fully saturated rings. The van der Waals surface area contributed by atoms with Crippen molar-refractivity contribution in [2.24, 2.45) is 0 Å². The van der Waals surface area contributed by atoms with Crippen LogP contribution in [0.4, 0.5) is 4.79 Å². The summed E-state index contributed by atoms with van der Waals surface area (Å²) in [6, 6.07) is 5.34. The fourth-order valence-electron chi connectivity index (χ4n) is 1.76. The highest BCUT2D eigenvalue weighted by Crippen LogP contribution is 2.23. The summed E-state index contributed by atoms with van der Waals surface area (Å²) < 4.78 is 1.57. The molecule has 0 saturated heterocycles.